The van der Waals surface area contributed by atoms with E-state index in [1.807, 2.05) is 43.3 Å². The van der Waals surface area contributed by atoms with Gasteiger partial charge in [0.25, 0.3) is 0 Å². The summed E-state index contributed by atoms with van der Waals surface area (Å²) < 4.78 is 0. The van der Waals surface area contributed by atoms with Gasteiger partial charge in [-0.15, -0.1) is 0 Å². The molecule has 1 amide bonds. The third kappa shape index (κ3) is 6.04. The van der Waals surface area contributed by atoms with Crippen molar-refractivity contribution < 1.29 is 9.59 Å². The van der Waals surface area contributed by atoms with Gasteiger partial charge in [-0.2, -0.15) is 0 Å². The number of nitrogens with one attached hydrogen (secondary N) is 1. The quantitative estimate of drug-likeness (QED) is 0.732. The van der Waals surface area contributed by atoms with E-state index in [1.54, 1.807) is 0 Å². The summed E-state index contributed by atoms with van der Waals surface area (Å²) in [6, 6.07) is 15.5. The number of benzene rings is 2. The number of likely N-dealkylation sites (tertiary alicyclic amines) is 1. The molecule has 1 aliphatic heterocycles. The fraction of sp³-hybridized carbons (Fsp3) is 0.391. The molecular formula is C23H28N2O2. The number of rotatable bonds is 7. The normalized spacial score (nSPS) is 14.7. The largest absolute Gasteiger partial charge is 0.326 e. The first kappa shape index (κ1) is 19.3. The Morgan fingerprint density at radius 3 is 2.22 bits per heavy atom. The molecule has 1 N–H and O–H groups in total. The number of carbonyl (C=O) groups excluding carboxylic acids is 2. The number of amides is 1. The molecule has 0 radical (unpaired) electrons. The van der Waals surface area contributed by atoms with Gasteiger partial charge in [-0.05, 0) is 50.6 Å². The van der Waals surface area contributed by atoms with Crippen LogP contribution in [0.3, 0.4) is 0 Å². The summed E-state index contributed by atoms with van der Waals surface area (Å²) >= 11 is 0. The summed E-state index contributed by atoms with van der Waals surface area (Å²) in [5, 5.41) is 2.88. The number of hydrogen-bond acceptors (Lipinski definition) is 3. The van der Waals surface area contributed by atoms with Gasteiger partial charge in [-0.1, -0.05) is 48.4 Å². The van der Waals surface area contributed by atoms with Crippen molar-refractivity contribution >= 4 is 17.4 Å². The second-order valence-electron chi connectivity index (χ2n) is 7.37. The average molecular weight is 364 g/mol. The highest BCUT2D eigenvalue weighted by Crippen LogP contribution is 2.16. The smallest absolute Gasteiger partial charge is 0.224 e. The number of hydrogen-bond donors (Lipinski definition) is 1. The molecule has 2 aromatic carbocycles. The molecule has 1 aliphatic rings. The van der Waals surface area contributed by atoms with Crippen LogP contribution in [0.5, 0.6) is 0 Å². The zero-order valence-electron chi connectivity index (χ0n) is 16.0. The second-order valence-corrected chi connectivity index (χ2v) is 7.37. The van der Waals surface area contributed by atoms with E-state index in [4.69, 9.17) is 0 Å². The van der Waals surface area contributed by atoms with Crippen LogP contribution in [-0.4, -0.2) is 29.7 Å². The Bertz CT molecular complexity index is 760. The van der Waals surface area contributed by atoms with Crippen LogP contribution in [0.2, 0.25) is 0 Å². The third-order valence-corrected chi connectivity index (χ3v) is 5.05. The lowest BCUT2D eigenvalue weighted by Crippen LogP contribution is -2.29. The fourth-order valence-corrected chi connectivity index (χ4v) is 3.40. The molecule has 1 fully saturated rings. The maximum absolute atomic E-state index is 12.2. The lowest BCUT2D eigenvalue weighted by molar-refractivity contribution is -0.116. The molecule has 3 rings (SSSR count). The molecule has 0 saturated carbocycles. The molecule has 27 heavy (non-hydrogen) atoms. The van der Waals surface area contributed by atoms with Crippen LogP contribution < -0.4 is 5.32 Å². The van der Waals surface area contributed by atoms with Crippen molar-refractivity contribution in [1.29, 1.82) is 0 Å². The summed E-state index contributed by atoms with van der Waals surface area (Å²) in [5.41, 5.74) is 3.83. The van der Waals surface area contributed by atoms with Crippen molar-refractivity contribution in [1.82, 2.24) is 4.90 Å². The zero-order valence-corrected chi connectivity index (χ0v) is 16.0. The van der Waals surface area contributed by atoms with Crippen LogP contribution in [-0.2, 0) is 11.3 Å². The lowest BCUT2D eigenvalue weighted by Gasteiger charge is -2.26. The van der Waals surface area contributed by atoms with Crippen molar-refractivity contribution in [3.63, 3.8) is 0 Å². The Morgan fingerprint density at radius 2 is 1.56 bits per heavy atom. The zero-order chi connectivity index (χ0) is 19.1. The van der Waals surface area contributed by atoms with Crippen LogP contribution in [0.4, 0.5) is 5.69 Å². The van der Waals surface area contributed by atoms with Crippen molar-refractivity contribution in [3.8, 4) is 0 Å². The number of anilines is 1. The molecule has 1 saturated heterocycles. The Balaban J connectivity index is 1.44. The molecule has 142 valence electrons. The van der Waals surface area contributed by atoms with Crippen LogP contribution >= 0.6 is 0 Å². The molecule has 4 nitrogen and oxygen atoms in total. The van der Waals surface area contributed by atoms with Gasteiger partial charge in [-0.3, -0.25) is 14.5 Å². The molecule has 0 spiro atoms. The van der Waals surface area contributed by atoms with Gasteiger partial charge >= 0.3 is 0 Å². The highest BCUT2D eigenvalue weighted by molar-refractivity contribution is 6.00. The molecule has 2 aromatic rings. The number of piperidine rings is 1. The van der Waals surface area contributed by atoms with Crippen molar-refractivity contribution in [2.75, 3.05) is 18.4 Å². The summed E-state index contributed by atoms with van der Waals surface area (Å²) in [4.78, 5) is 26.8. The Labute approximate surface area is 161 Å². The van der Waals surface area contributed by atoms with Gasteiger partial charge in [0.1, 0.15) is 0 Å². The number of nitrogens with zero attached hydrogens (tertiary/aromatic N) is 1. The first-order chi connectivity index (χ1) is 13.1. The third-order valence-electron chi connectivity index (χ3n) is 5.05. The van der Waals surface area contributed by atoms with Crippen molar-refractivity contribution in [3.05, 3.63) is 65.2 Å². The molecule has 0 atom stereocenters. The van der Waals surface area contributed by atoms with Gasteiger partial charge in [-0.25, -0.2) is 0 Å². The molecule has 1 heterocycles. The maximum Gasteiger partial charge on any atom is 0.224 e. The van der Waals surface area contributed by atoms with Gasteiger partial charge in [0.05, 0.1) is 0 Å². The lowest BCUT2D eigenvalue weighted by atomic mass is 10.0. The number of carbonyl (C=O) groups is 2. The van der Waals surface area contributed by atoms with E-state index in [0.717, 1.165) is 17.8 Å². The SMILES string of the molecule is Cc1ccc(C(=O)CCC(=O)Nc2ccc(CN3CCCCC3)cc2)cc1. The van der Waals surface area contributed by atoms with E-state index in [1.165, 1.54) is 37.9 Å². The highest BCUT2D eigenvalue weighted by atomic mass is 16.2. The highest BCUT2D eigenvalue weighted by Gasteiger charge is 2.11. The summed E-state index contributed by atoms with van der Waals surface area (Å²) in [6.07, 6.45) is 4.34. The van der Waals surface area contributed by atoms with E-state index < -0.39 is 0 Å². The Kier molecular flexibility index (Phi) is 6.77. The standard InChI is InChI=1S/C23H28N2O2/c1-18-5-9-20(10-6-18)22(26)13-14-23(27)24-21-11-7-19(8-12-21)17-25-15-3-2-4-16-25/h5-12H,2-4,13-17H2,1H3,(H,24,27). The maximum atomic E-state index is 12.2. The molecule has 0 unspecified atom stereocenters. The van der Waals surface area contributed by atoms with Crippen molar-refractivity contribution in [2.45, 2.75) is 45.6 Å². The first-order valence-electron chi connectivity index (χ1n) is 9.81. The minimum atomic E-state index is -0.126. The second kappa shape index (κ2) is 9.47. The molecule has 0 aliphatic carbocycles. The van der Waals surface area contributed by atoms with Gasteiger partial charge in [0, 0.05) is 30.6 Å². The molecular weight excluding hydrogens is 336 g/mol. The first-order valence-corrected chi connectivity index (χ1v) is 9.81. The van der Waals surface area contributed by atoms with Crippen LogP contribution in [0.25, 0.3) is 0 Å². The number of aryl methyl sites for hydroxylation is 1. The van der Waals surface area contributed by atoms with Crippen LogP contribution in [0, 0.1) is 6.92 Å². The summed E-state index contributed by atoms with van der Waals surface area (Å²) in [5.74, 6) is -0.124. The van der Waals surface area contributed by atoms with E-state index in [9.17, 15) is 9.59 Å². The minimum absolute atomic E-state index is 0.00188. The monoisotopic (exact) mass is 364 g/mol. The van der Waals surface area contributed by atoms with Gasteiger partial charge < -0.3 is 5.32 Å². The van der Waals surface area contributed by atoms with Gasteiger partial charge in [0.2, 0.25) is 5.91 Å². The number of ketones is 1. The van der Waals surface area contributed by atoms with Crippen LogP contribution in [0.15, 0.2) is 48.5 Å². The van der Waals surface area contributed by atoms with E-state index in [-0.39, 0.29) is 24.5 Å². The van der Waals surface area contributed by atoms with Crippen molar-refractivity contribution in [2.24, 2.45) is 0 Å². The average Bonchev–Trinajstić information content (AvgIpc) is 2.69. The van der Waals surface area contributed by atoms with E-state index in [0.29, 0.717) is 5.56 Å². The molecule has 4 heteroatoms. The fourth-order valence-electron chi connectivity index (χ4n) is 3.40. The predicted octanol–water partition coefficient (Wildman–Crippen LogP) is 4.58. The van der Waals surface area contributed by atoms with Crippen LogP contribution in [0.1, 0.15) is 53.6 Å². The molecule has 0 bridgehead atoms. The minimum Gasteiger partial charge on any atom is -0.326 e. The summed E-state index contributed by atoms with van der Waals surface area (Å²) in [7, 11) is 0. The topological polar surface area (TPSA) is 49.4 Å². The Hall–Kier alpha value is -2.46. The van der Waals surface area contributed by atoms with E-state index >= 15 is 0 Å². The van der Waals surface area contributed by atoms with Gasteiger partial charge in [0.15, 0.2) is 5.78 Å². The molecule has 0 aromatic heterocycles. The van der Waals surface area contributed by atoms with E-state index in [2.05, 4.69) is 22.3 Å². The predicted molar refractivity (Wildman–Crippen MR) is 109 cm³/mol. The summed E-state index contributed by atoms with van der Waals surface area (Å²) in [6.45, 7) is 5.31. The Morgan fingerprint density at radius 1 is 0.889 bits per heavy atom. The number of Topliss-reactive ketones (excluding diaryl/α,β-unsaturated/α-hetero) is 1.